The van der Waals surface area contributed by atoms with Crippen molar-refractivity contribution in [2.75, 3.05) is 6.61 Å². The quantitative estimate of drug-likeness (QED) is 0.657. The third kappa shape index (κ3) is 1.52. The van der Waals surface area contributed by atoms with Crippen molar-refractivity contribution in [1.82, 2.24) is 0 Å². The van der Waals surface area contributed by atoms with Gasteiger partial charge in [0.1, 0.15) is 0 Å². The molecule has 3 rings (SSSR count). The molecular formula is C13H11O2. The number of hydrogen-bond acceptors (Lipinski definition) is 2. The number of hydrogen-bond donors (Lipinski definition) is 0. The normalized spacial score (nSPS) is 17.3. The molecule has 0 atom stereocenters. The third-order valence-corrected chi connectivity index (χ3v) is 2.66. The summed E-state index contributed by atoms with van der Waals surface area (Å²) in [6.45, 7) is 0.651. The lowest BCUT2D eigenvalue weighted by atomic mass is 9.99. The predicted octanol–water partition coefficient (Wildman–Crippen LogP) is 3.07. The standard InChI is InChI=1S/C13H11O2/c1-2-6-11-10(4-1)5-3-7-12(11)13-8-9-14-15-13/h1-7H,8-9H2. The van der Waals surface area contributed by atoms with Crippen LogP contribution in [0, 0.1) is 6.10 Å². The molecule has 1 fully saturated rings. The molecule has 2 aromatic carbocycles. The van der Waals surface area contributed by atoms with Crippen LogP contribution in [0.25, 0.3) is 10.8 Å². The molecule has 1 radical (unpaired) electrons. The van der Waals surface area contributed by atoms with Gasteiger partial charge in [0.25, 0.3) is 0 Å². The molecule has 0 aliphatic carbocycles. The highest BCUT2D eigenvalue weighted by atomic mass is 17.2. The minimum Gasteiger partial charge on any atom is -0.236 e. The van der Waals surface area contributed by atoms with Gasteiger partial charge >= 0.3 is 0 Å². The van der Waals surface area contributed by atoms with Crippen molar-refractivity contribution in [3.05, 3.63) is 54.1 Å². The summed E-state index contributed by atoms with van der Waals surface area (Å²) < 4.78 is 0. The maximum absolute atomic E-state index is 5.16. The second-order valence-corrected chi connectivity index (χ2v) is 3.61. The first-order chi connectivity index (χ1) is 7.45. The highest BCUT2D eigenvalue weighted by Crippen LogP contribution is 2.31. The molecule has 0 amide bonds. The van der Waals surface area contributed by atoms with Crippen LogP contribution >= 0.6 is 0 Å². The van der Waals surface area contributed by atoms with E-state index >= 15 is 0 Å². The van der Waals surface area contributed by atoms with Crippen molar-refractivity contribution in [2.45, 2.75) is 6.42 Å². The fraction of sp³-hybridized carbons (Fsp3) is 0.154. The Morgan fingerprint density at radius 1 is 0.933 bits per heavy atom. The summed E-state index contributed by atoms with van der Waals surface area (Å²) in [6.07, 6.45) is 1.79. The minimum absolute atomic E-state index is 0.651. The van der Waals surface area contributed by atoms with E-state index in [4.69, 9.17) is 9.78 Å². The SMILES string of the molecule is c1ccc2c([C]3CCOO3)cccc2c1. The van der Waals surface area contributed by atoms with Crippen molar-refractivity contribution < 1.29 is 9.78 Å². The Labute approximate surface area is 88.4 Å². The zero-order valence-corrected chi connectivity index (χ0v) is 8.27. The first-order valence-corrected chi connectivity index (χ1v) is 5.08. The van der Waals surface area contributed by atoms with E-state index in [9.17, 15) is 0 Å². The lowest BCUT2D eigenvalue weighted by Gasteiger charge is -2.09. The van der Waals surface area contributed by atoms with Gasteiger partial charge in [0.15, 0.2) is 6.10 Å². The summed E-state index contributed by atoms with van der Waals surface area (Å²) in [5.41, 5.74) is 1.14. The van der Waals surface area contributed by atoms with E-state index < -0.39 is 0 Å². The molecule has 0 unspecified atom stereocenters. The van der Waals surface area contributed by atoms with E-state index in [1.807, 2.05) is 18.2 Å². The molecule has 1 saturated heterocycles. The molecule has 0 aromatic heterocycles. The zero-order chi connectivity index (χ0) is 10.1. The van der Waals surface area contributed by atoms with Gasteiger partial charge in [-0.2, -0.15) is 0 Å². The van der Waals surface area contributed by atoms with Crippen LogP contribution in [-0.4, -0.2) is 6.61 Å². The molecule has 2 aromatic rings. The molecule has 1 aliphatic rings. The molecule has 0 bridgehead atoms. The van der Waals surface area contributed by atoms with Crippen molar-refractivity contribution in [1.29, 1.82) is 0 Å². The smallest absolute Gasteiger partial charge is 0.168 e. The monoisotopic (exact) mass is 199 g/mol. The van der Waals surface area contributed by atoms with E-state index in [2.05, 4.69) is 24.3 Å². The van der Waals surface area contributed by atoms with E-state index in [1.165, 1.54) is 10.8 Å². The Morgan fingerprint density at radius 2 is 1.80 bits per heavy atom. The Hall–Kier alpha value is -1.38. The minimum atomic E-state index is 0.651. The van der Waals surface area contributed by atoms with Crippen LogP contribution in [-0.2, 0) is 9.78 Å². The number of fused-ring (bicyclic) bond motifs is 1. The maximum atomic E-state index is 5.16. The van der Waals surface area contributed by atoms with Gasteiger partial charge in [0.2, 0.25) is 0 Å². The lowest BCUT2D eigenvalue weighted by molar-refractivity contribution is -0.239. The largest absolute Gasteiger partial charge is 0.236 e. The highest BCUT2D eigenvalue weighted by Gasteiger charge is 2.22. The number of benzene rings is 2. The Morgan fingerprint density at radius 3 is 2.67 bits per heavy atom. The number of rotatable bonds is 1. The van der Waals surface area contributed by atoms with Crippen LogP contribution in [0.1, 0.15) is 12.0 Å². The fourth-order valence-electron chi connectivity index (χ4n) is 1.94. The van der Waals surface area contributed by atoms with Crippen molar-refractivity contribution >= 4 is 10.8 Å². The molecule has 0 N–H and O–H groups in total. The van der Waals surface area contributed by atoms with Gasteiger partial charge < -0.3 is 0 Å². The predicted molar refractivity (Wildman–Crippen MR) is 57.9 cm³/mol. The van der Waals surface area contributed by atoms with E-state index in [-0.39, 0.29) is 0 Å². The van der Waals surface area contributed by atoms with Crippen LogP contribution < -0.4 is 0 Å². The Balaban J connectivity index is 2.16. The summed E-state index contributed by atoms with van der Waals surface area (Å²) in [5.74, 6) is 0. The van der Waals surface area contributed by atoms with Crippen molar-refractivity contribution in [3.8, 4) is 0 Å². The van der Waals surface area contributed by atoms with E-state index in [1.54, 1.807) is 0 Å². The van der Waals surface area contributed by atoms with Crippen LogP contribution in [0.2, 0.25) is 0 Å². The fourth-order valence-corrected chi connectivity index (χ4v) is 1.94. The van der Waals surface area contributed by atoms with Gasteiger partial charge in [-0.3, -0.25) is 0 Å². The molecular weight excluding hydrogens is 188 g/mol. The second-order valence-electron chi connectivity index (χ2n) is 3.61. The molecule has 15 heavy (non-hydrogen) atoms. The highest BCUT2D eigenvalue weighted by molar-refractivity contribution is 5.87. The summed E-state index contributed by atoms with van der Waals surface area (Å²) in [5, 5.41) is 2.46. The Kier molecular flexibility index (Phi) is 2.16. The van der Waals surface area contributed by atoms with Crippen LogP contribution in [0.3, 0.4) is 0 Å². The zero-order valence-electron chi connectivity index (χ0n) is 8.27. The van der Waals surface area contributed by atoms with Gasteiger partial charge in [-0.1, -0.05) is 42.5 Å². The Bertz CT molecular complexity index is 467. The van der Waals surface area contributed by atoms with Gasteiger partial charge in [-0.05, 0) is 16.3 Å². The average Bonchev–Trinajstić information content (AvgIpc) is 2.82. The van der Waals surface area contributed by atoms with Crippen LogP contribution in [0.4, 0.5) is 0 Å². The van der Waals surface area contributed by atoms with Crippen LogP contribution in [0.5, 0.6) is 0 Å². The second kappa shape index (κ2) is 3.65. The first kappa shape index (κ1) is 8.89. The molecule has 0 saturated carbocycles. The summed E-state index contributed by atoms with van der Waals surface area (Å²) >= 11 is 0. The molecule has 1 heterocycles. The summed E-state index contributed by atoms with van der Waals surface area (Å²) in [6, 6.07) is 14.5. The molecule has 2 heteroatoms. The average molecular weight is 199 g/mol. The lowest BCUT2D eigenvalue weighted by Crippen LogP contribution is -1.97. The van der Waals surface area contributed by atoms with Crippen molar-refractivity contribution in [3.63, 3.8) is 0 Å². The van der Waals surface area contributed by atoms with Gasteiger partial charge in [-0.15, -0.1) is 0 Å². The van der Waals surface area contributed by atoms with E-state index in [0.717, 1.165) is 18.1 Å². The topological polar surface area (TPSA) is 18.5 Å². The third-order valence-electron chi connectivity index (χ3n) is 2.66. The summed E-state index contributed by atoms with van der Waals surface area (Å²) in [7, 11) is 0. The molecule has 0 spiro atoms. The molecule has 2 nitrogen and oxygen atoms in total. The first-order valence-electron chi connectivity index (χ1n) is 5.08. The van der Waals surface area contributed by atoms with Gasteiger partial charge in [-0.25, -0.2) is 9.78 Å². The summed E-state index contributed by atoms with van der Waals surface area (Å²) in [4.78, 5) is 10.1. The van der Waals surface area contributed by atoms with Crippen LogP contribution in [0.15, 0.2) is 42.5 Å². The van der Waals surface area contributed by atoms with Crippen molar-refractivity contribution in [2.24, 2.45) is 0 Å². The van der Waals surface area contributed by atoms with Gasteiger partial charge in [0, 0.05) is 6.42 Å². The van der Waals surface area contributed by atoms with E-state index in [0.29, 0.717) is 6.61 Å². The molecule has 75 valence electrons. The molecule has 1 aliphatic heterocycles. The maximum Gasteiger partial charge on any atom is 0.168 e. The van der Waals surface area contributed by atoms with Gasteiger partial charge in [0.05, 0.1) is 6.61 Å².